The van der Waals surface area contributed by atoms with Crippen LogP contribution in [0.1, 0.15) is 19.8 Å². The largest absolute Gasteiger partial charge is 0.393 e. The number of nitrogens with one attached hydrogen (secondary N) is 1. The maximum Gasteiger partial charge on any atom is 0.229 e. The van der Waals surface area contributed by atoms with Gasteiger partial charge in [-0.2, -0.15) is 0 Å². The van der Waals surface area contributed by atoms with Crippen LogP contribution in [0.15, 0.2) is 0 Å². The monoisotopic (exact) mass is 229 g/mol. The number of likely N-dealkylation sites (N-methyl/N-ethyl adjacent to an activating group) is 1. The van der Waals surface area contributed by atoms with Crippen molar-refractivity contribution in [1.82, 2.24) is 10.2 Å². The lowest BCUT2D eigenvalue weighted by Crippen LogP contribution is -2.49. The van der Waals surface area contributed by atoms with Gasteiger partial charge in [0, 0.05) is 12.6 Å². The van der Waals surface area contributed by atoms with Gasteiger partial charge >= 0.3 is 0 Å². The molecule has 0 spiro atoms. The van der Waals surface area contributed by atoms with Gasteiger partial charge in [0.25, 0.3) is 0 Å². The normalized spacial score (nSPS) is 24.5. The van der Waals surface area contributed by atoms with Crippen LogP contribution in [0.5, 0.6) is 0 Å². The number of hydrogen-bond acceptors (Lipinski definition) is 3. The van der Waals surface area contributed by atoms with Crippen LogP contribution in [-0.2, 0) is 4.79 Å². The van der Waals surface area contributed by atoms with E-state index in [1.807, 2.05) is 0 Å². The van der Waals surface area contributed by atoms with E-state index < -0.39 is 0 Å². The quantitative estimate of drug-likeness (QED) is 0.675. The predicted molar refractivity (Wildman–Crippen MR) is 64.6 cm³/mol. The first kappa shape index (κ1) is 12.4. The maximum atomic E-state index is 11.7. The highest BCUT2D eigenvalue weighted by Crippen LogP contribution is 2.08. The van der Waals surface area contributed by atoms with E-state index in [1.165, 1.54) is 0 Å². The molecule has 86 valence electrons. The third kappa shape index (κ3) is 3.76. The number of nitrogens with zero attached hydrogens (tertiary/aromatic N) is 1. The molecule has 0 aromatic carbocycles. The van der Waals surface area contributed by atoms with E-state index in [0.29, 0.717) is 0 Å². The van der Waals surface area contributed by atoms with Crippen molar-refractivity contribution in [2.75, 3.05) is 20.1 Å². The molecule has 1 aliphatic heterocycles. The Bertz CT molecular complexity index is 257. The molecule has 0 aliphatic carbocycles. The zero-order chi connectivity index (χ0) is 11.4. The molecular weight excluding hydrogens is 210 g/mol. The Kier molecular flexibility index (Phi) is 4.47. The lowest BCUT2D eigenvalue weighted by atomic mass is 10.0. The number of carbonyl (C=O) groups is 1. The Balaban J connectivity index is 2.40. The summed E-state index contributed by atoms with van der Waals surface area (Å²) in [5, 5.41) is 2.98. The molecule has 2 atom stereocenters. The van der Waals surface area contributed by atoms with Crippen LogP contribution >= 0.6 is 12.2 Å². The first-order valence-corrected chi connectivity index (χ1v) is 5.69. The summed E-state index contributed by atoms with van der Waals surface area (Å²) in [5.41, 5.74) is 5.43. The summed E-state index contributed by atoms with van der Waals surface area (Å²) in [6.45, 7) is 3.76. The standard InChI is InChI=1S/C10H19N3OS/c1-7(9(11)15)10(14)12-8-4-3-5-13(2)6-8/h7-8H,3-6H2,1-2H3,(H2,11,15)(H,12,14). The van der Waals surface area contributed by atoms with E-state index in [-0.39, 0.29) is 22.9 Å². The number of thiocarbonyl (C=S) groups is 1. The molecule has 0 saturated carbocycles. The van der Waals surface area contributed by atoms with E-state index in [0.717, 1.165) is 25.9 Å². The number of nitrogens with two attached hydrogens (primary N) is 1. The number of carbonyl (C=O) groups excluding carboxylic acids is 1. The summed E-state index contributed by atoms with van der Waals surface area (Å²) in [6, 6.07) is 0.244. The second-order valence-corrected chi connectivity index (χ2v) is 4.71. The fraction of sp³-hybridized carbons (Fsp3) is 0.800. The van der Waals surface area contributed by atoms with Gasteiger partial charge in [-0.1, -0.05) is 12.2 Å². The highest BCUT2D eigenvalue weighted by molar-refractivity contribution is 7.80. The van der Waals surface area contributed by atoms with Gasteiger partial charge in [-0.05, 0) is 33.4 Å². The number of amides is 1. The Morgan fingerprint density at radius 1 is 1.67 bits per heavy atom. The molecule has 0 radical (unpaired) electrons. The Morgan fingerprint density at radius 2 is 2.33 bits per heavy atom. The van der Waals surface area contributed by atoms with Crippen LogP contribution < -0.4 is 11.1 Å². The van der Waals surface area contributed by atoms with Crippen molar-refractivity contribution in [1.29, 1.82) is 0 Å². The topological polar surface area (TPSA) is 58.4 Å². The van der Waals surface area contributed by atoms with Crippen molar-refractivity contribution in [2.24, 2.45) is 11.7 Å². The summed E-state index contributed by atoms with van der Waals surface area (Å²) < 4.78 is 0. The summed E-state index contributed by atoms with van der Waals surface area (Å²) in [4.78, 5) is 14.1. The fourth-order valence-corrected chi connectivity index (χ4v) is 1.85. The maximum absolute atomic E-state index is 11.7. The van der Waals surface area contributed by atoms with Crippen molar-refractivity contribution in [3.8, 4) is 0 Å². The molecule has 5 heteroatoms. The van der Waals surface area contributed by atoms with Crippen LogP contribution in [0.25, 0.3) is 0 Å². The summed E-state index contributed by atoms with van der Waals surface area (Å²) in [7, 11) is 2.06. The molecule has 1 heterocycles. The Hall–Kier alpha value is -0.680. The molecule has 0 bridgehead atoms. The average Bonchev–Trinajstić information content (AvgIpc) is 2.16. The molecule has 1 saturated heterocycles. The van der Waals surface area contributed by atoms with Crippen molar-refractivity contribution < 1.29 is 4.79 Å². The molecule has 0 aromatic heterocycles. The lowest BCUT2D eigenvalue weighted by Gasteiger charge is -2.30. The highest BCUT2D eigenvalue weighted by Gasteiger charge is 2.22. The molecule has 1 fully saturated rings. The summed E-state index contributed by atoms with van der Waals surface area (Å²) >= 11 is 4.79. The molecule has 1 amide bonds. The molecule has 1 rings (SSSR count). The zero-order valence-electron chi connectivity index (χ0n) is 9.32. The van der Waals surface area contributed by atoms with Gasteiger partial charge in [0.2, 0.25) is 5.91 Å². The van der Waals surface area contributed by atoms with E-state index in [9.17, 15) is 4.79 Å². The van der Waals surface area contributed by atoms with Gasteiger partial charge < -0.3 is 16.0 Å². The minimum Gasteiger partial charge on any atom is -0.393 e. The minimum atomic E-state index is -0.368. The molecule has 4 nitrogen and oxygen atoms in total. The van der Waals surface area contributed by atoms with Crippen LogP contribution in [0.2, 0.25) is 0 Å². The van der Waals surface area contributed by atoms with Gasteiger partial charge in [-0.25, -0.2) is 0 Å². The van der Waals surface area contributed by atoms with Crippen molar-refractivity contribution in [3.63, 3.8) is 0 Å². The molecule has 2 unspecified atom stereocenters. The van der Waals surface area contributed by atoms with Gasteiger partial charge in [-0.15, -0.1) is 0 Å². The first-order valence-electron chi connectivity index (χ1n) is 5.29. The summed E-state index contributed by atoms with van der Waals surface area (Å²) in [6.07, 6.45) is 2.17. The van der Waals surface area contributed by atoms with Gasteiger partial charge in [0.15, 0.2) is 0 Å². The van der Waals surface area contributed by atoms with Crippen molar-refractivity contribution in [3.05, 3.63) is 0 Å². The molecule has 0 aromatic rings. The number of piperidine rings is 1. The third-order valence-corrected chi connectivity index (χ3v) is 3.14. The molecule has 1 aliphatic rings. The van der Waals surface area contributed by atoms with Crippen molar-refractivity contribution >= 4 is 23.1 Å². The second-order valence-electron chi connectivity index (χ2n) is 4.23. The summed E-state index contributed by atoms with van der Waals surface area (Å²) in [5.74, 6) is -0.421. The molecule has 15 heavy (non-hydrogen) atoms. The van der Waals surface area contributed by atoms with Crippen LogP contribution in [0.4, 0.5) is 0 Å². The smallest absolute Gasteiger partial charge is 0.229 e. The van der Waals surface area contributed by atoms with Crippen LogP contribution in [-0.4, -0.2) is 42.0 Å². The lowest BCUT2D eigenvalue weighted by molar-refractivity contribution is -0.123. The fourth-order valence-electron chi connectivity index (χ4n) is 1.74. The molecule has 3 N–H and O–H groups in total. The van der Waals surface area contributed by atoms with Gasteiger partial charge in [0.05, 0.1) is 10.9 Å². The Morgan fingerprint density at radius 3 is 2.87 bits per heavy atom. The molecular formula is C10H19N3OS. The first-order chi connectivity index (χ1) is 7.00. The Labute approximate surface area is 96.2 Å². The predicted octanol–water partition coefficient (Wildman–Crippen LogP) is 0.119. The second kappa shape index (κ2) is 5.42. The average molecular weight is 229 g/mol. The minimum absolute atomic E-state index is 0.0530. The van der Waals surface area contributed by atoms with Gasteiger partial charge in [0.1, 0.15) is 0 Å². The number of rotatable bonds is 3. The van der Waals surface area contributed by atoms with Crippen molar-refractivity contribution in [2.45, 2.75) is 25.8 Å². The van der Waals surface area contributed by atoms with E-state index in [4.69, 9.17) is 18.0 Å². The van der Waals surface area contributed by atoms with E-state index in [1.54, 1.807) is 6.92 Å². The van der Waals surface area contributed by atoms with E-state index in [2.05, 4.69) is 17.3 Å². The van der Waals surface area contributed by atoms with Crippen LogP contribution in [0.3, 0.4) is 0 Å². The van der Waals surface area contributed by atoms with Crippen LogP contribution in [0, 0.1) is 5.92 Å². The highest BCUT2D eigenvalue weighted by atomic mass is 32.1. The van der Waals surface area contributed by atoms with Gasteiger partial charge in [-0.3, -0.25) is 4.79 Å². The van der Waals surface area contributed by atoms with E-state index >= 15 is 0 Å². The number of likely N-dealkylation sites (tertiary alicyclic amines) is 1. The zero-order valence-corrected chi connectivity index (χ0v) is 10.1. The third-order valence-electron chi connectivity index (χ3n) is 2.79. The number of hydrogen-bond donors (Lipinski definition) is 2. The SMILES string of the molecule is CC(C(=O)NC1CCCN(C)C1)C(N)=S.